The van der Waals surface area contributed by atoms with E-state index in [1.165, 1.54) is 31.7 Å². The summed E-state index contributed by atoms with van der Waals surface area (Å²) in [5.74, 6) is 2.41. The Hall–Kier alpha value is -1.07. The van der Waals surface area contributed by atoms with Gasteiger partial charge >= 0.3 is 0 Å². The van der Waals surface area contributed by atoms with Gasteiger partial charge in [-0.2, -0.15) is 0 Å². The molecule has 2 aromatic rings. The van der Waals surface area contributed by atoms with Crippen LogP contribution in [-0.4, -0.2) is 38.3 Å². The summed E-state index contributed by atoms with van der Waals surface area (Å²) in [7, 11) is 1.72. The van der Waals surface area contributed by atoms with Crippen LogP contribution in [0, 0.1) is 11.8 Å². The third-order valence-electron chi connectivity index (χ3n) is 4.44. The molecule has 0 bridgehead atoms. The maximum atomic E-state index is 5.44. The predicted octanol–water partition coefficient (Wildman–Crippen LogP) is -3.97. The third-order valence-corrected chi connectivity index (χ3v) is 4.44. The number of ether oxygens (including phenoxy) is 1. The van der Waals surface area contributed by atoms with Crippen LogP contribution >= 0.6 is 0 Å². The van der Waals surface area contributed by atoms with Gasteiger partial charge in [0.2, 0.25) is 0 Å². The monoisotopic (exact) mass is 415 g/mol. The zero-order valence-electron chi connectivity index (χ0n) is 17.3. The number of hydrogen-bond donors (Lipinski definition) is 2. The molecule has 0 amide bonds. The molecule has 1 heterocycles. The van der Waals surface area contributed by atoms with Gasteiger partial charge in [0.15, 0.2) is 5.69 Å². The molecule has 6 heteroatoms. The Balaban J connectivity index is 0.00000338. The van der Waals surface area contributed by atoms with Gasteiger partial charge in [0.1, 0.15) is 11.3 Å². The quantitative estimate of drug-likeness (QED) is 0.307. The van der Waals surface area contributed by atoms with Crippen LogP contribution in [0.4, 0.5) is 5.69 Å². The summed E-state index contributed by atoms with van der Waals surface area (Å²) in [4.78, 5) is 6.29. The number of aromatic nitrogens is 1. The van der Waals surface area contributed by atoms with E-state index in [2.05, 4.69) is 56.2 Å². The molecule has 0 aliphatic rings. The molecule has 0 fully saturated rings. The van der Waals surface area contributed by atoms with E-state index < -0.39 is 0 Å². The van der Waals surface area contributed by atoms with Gasteiger partial charge in [-0.1, -0.05) is 33.8 Å². The van der Waals surface area contributed by atoms with Crippen LogP contribution in [0.25, 0.3) is 10.9 Å². The molecule has 0 saturated heterocycles. The number of pyridine rings is 1. The lowest BCUT2D eigenvalue weighted by Crippen LogP contribution is -3.13. The molecule has 0 saturated carbocycles. The molecule has 0 unspecified atom stereocenters. The molecular formula is C21H35Cl2N3O. The largest absolute Gasteiger partial charge is 1.00 e. The number of nitrogens with one attached hydrogen (secondary N) is 1. The average Bonchev–Trinajstić information content (AvgIpc) is 2.57. The molecule has 0 aliphatic carbocycles. The number of nitrogens with zero attached hydrogens (tertiary/aromatic N) is 1. The first-order valence-corrected chi connectivity index (χ1v) is 9.59. The van der Waals surface area contributed by atoms with E-state index >= 15 is 0 Å². The van der Waals surface area contributed by atoms with Crippen LogP contribution in [0.15, 0.2) is 30.5 Å². The highest BCUT2D eigenvalue weighted by Gasteiger charge is 2.14. The first-order valence-electron chi connectivity index (χ1n) is 9.59. The number of fused-ring (bicyclic) bond motifs is 1. The van der Waals surface area contributed by atoms with Crippen molar-refractivity contribution in [2.75, 3.05) is 33.3 Å². The highest BCUT2D eigenvalue weighted by Crippen LogP contribution is 2.24. The van der Waals surface area contributed by atoms with Crippen molar-refractivity contribution in [3.8, 4) is 5.75 Å². The van der Waals surface area contributed by atoms with Crippen LogP contribution in [0.2, 0.25) is 0 Å². The Morgan fingerprint density at radius 3 is 2.33 bits per heavy atom. The van der Waals surface area contributed by atoms with Crippen LogP contribution in [0.1, 0.15) is 34.1 Å². The van der Waals surface area contributed by atoms with Crippen LogP contribution in [0.3, 0.4) is 0 Å². The SMILES string of the molecule is COc1cc([NH2+]CCC[NH+](CC(C)C)CC(C)C)c2ncccc2c1.[Cl-].[Cl-]. The summed E-state index contributed by atoms with van der Waals surface area (Å²) in [5, 5.41) is 3.46. The van der Waals surface area contributed by atoms with Crippen molar-refractivity contribution in [1.29, 1.82) is 0 Å². The van der Waals surface area contributed by atoms with E-state index in [0.717, 1.165) is 35.0 Å². The standard InChI is InChI=1S/C21H33N3O.2ClH/c1-16(2)14-24(15-17(3)4)11-7-10-22-20-13-19(25-5)12-18-8-6-9-23-21(18)20;;/h6,8-9,12-13,16-17,22H,7,10-11,14-15H2,1-5H3;2*1H. The molecule has 0 radical (unpaired) electrons. The first-order chi connectivity index (χ1) is 12.0. The number of methoxy groups -OCH3 is 1. The third kappa shape index (κ3) is 8.65. The second-order valence-electron chi connectivity index (χ2n) is 7.83. The number of nitrogens with two attached hydrogens (primary N) is 1. The number of rotatable bonds is 10. The van der Waals surface area contributed by atoms with Crippen molar-refractivity contribution in [2.24, 2.45) is 11.8 Å². The summed E-state index contributed by atoms with van der Waals surface area (Å²) in [5.41, 5.74) is 2.25. The number of halogens is 2. The fourth-order valence-electron chi connectivity index (χ4n) is 3.52. The van der Waals surface area contributed by atoms with E-state index in [9.17, 15) is 0 Å². The molecule has 3 N–H and O–H groups in total. The summed E-state index contributed by atoms with van der Waals surface area (Å²) < 4.78 is 5.44. The van der Waals surface area contributed by atoms with Gasteiger partial charge in [0.25, 0.3) is 0 Å². The van der Waals surface area contributed by atoms with Gasteiger partial charge in [0.05, 0.1) is 33.3 Å². The molecule has 4 nitrogen and oxygen atoms in total. The van der Waals surface area contributed by atoms with Crippen molar-refractivity contribution >= 4 is 16.6 Å². The molecule has 0 spiro atoms. The highest BCUT2D eigenvalue weighted by molar-refractivity contribution is 5.88. The number of hydrogen-bond acceptors (Lipinski definition) is 2. The Bertz CT molecular complexity index is 655. The summed E-state index contributed by atoms with van der Waals surface area (Å²) in [6.07, 6.45) is 3.07. The van der Waals surface area contributed by atoms with Crippen molar-refractivity contribution in [3.05, 3.63) is 30.5 Å². The Morgan fingerprint density at radius 2 is 1.74 bits per heavy atom. The minimum absolute atomic E-state index is 0. The van der Waals surface area contributed by atoms with Crippen molar-refractivity contribution in [2.45, 2.75) is 34.1 Å². The van der Waals surface area contributed by atoms with Crippen molar-refractivity contribution in [1.82, 2.24) is 4.98 Å². The Morgan fingerprint density at radius 1 is 1.07 bits per heavy atom. The van der Waals surface area contributed by atoms with Gasteiger partial charge in [-0.05, 0) is 12.1 Å². The lowest BCUT2D eigenvalue weighted by molar-refractivity contribution is -0.907. The topological polar surface area (TPSA) is 43.2 Å². The van der Waals surface area contributed by atoms with Crippen LogP contribution in [-0.2, 0) is 0 Å². The Labute approximate surface area is 176 Å². The zero-order valence-corrected chi connectivity index (χ0v) is 18.8. The van der Waals surface area contributed by atoms with Crippen molar-refractivity contribution < 1.29 is 39.8 Å². The molecular weight excluding hydrogens is 381 g/mol. The summed E-state index contributed by atoms with van der Waals surface area (Å²) >= 11 is 0. The van der Waals surface area contributed by atoms with E-state index in [1.807, 2.05) is 12.3 Å². The van der Waals surface area contributed by atoms with E-state index in [-0.39, 0.29) is 24.8 Å². The van der Waals surface area contributed by atoms with Gasteiger partial charge in [-0.15, -0.1) is 0 Å². The second-order valence-corrected chi connectivity index (χ2v) is 7.83. The average molecular weight is 416 g/mol. The molecule has 27 heavy (non-hydrogen) atoms. The lowest BCUT2D eigenvalue weighted by atomic mass is 10.1. The van der Waals surface area contributed by atoms with Crippen LogP contribution < -0.4 is 39.8 Å². The van der Waals surface area contributed by atoms with E-state index in [1.54, 1.807) is 12.0 Å². The fraction of sp³-hybridized carbons (Fsp3) is 0.571. The smallest absolute Gasteiger partial charge is 0.159 e. The van der Waals surface area contributed by atoms with Gasteiger partial charge in [0, 0.05) is 35.9 Å². The maximum Gasteiger partial charge on any atom is 0.159 e. The molecule has 2 rings (SSSR count). The number of quaternary nitrogens is 2. The summed E-state index contributed by atoms with van der Waals surface area (Å²) in [6, 6.07) is 8.23. The predicted molar refractivity (Wildman–Crippen MR) is 105 cm³/mol. The van der Waals surface area contributed by atoms with Gasteiger partial charge < -0.3 is 39.8 Å². The van der Waals surface area contributed by atoms with Gasteiger partial charge in [-0.3, -0.25) is 0 Å². The second kappa shape index (κ2) is 13.2. The van der Waals surface area contributed by atoms with Crippen molar-refractivity contribution in [3.63, 3.8) is 0 Å². The minimum Gasteiger partial charge on any atom is -1.00 e. The van der Waals surface area contributed by atoms with Crippen LogP contribution in [0.5, 0.6) is 5.75 Å². The normalized spacial score (nSPS) is 11.0. The van der Waals surface area contributed by atoms with Gasteiger partial charge in [-0.25, -0.2) is 4.98 Å². The Kier molecular flexibility index (Phi) is 12.6. The molecule has 154 valence electrons. The highest BCUT2D eigenvalue weighted by atomic mass is 35.5. The maximum absolute atomic E-state index is 5.44. The fourth-order valence-corrected chi connectivity index (χ4v) is 3.52. The first kappa shape index (κ1) is 25.9. The number of benzene rings is 1. The molecule has 0 aliphatic heterocycles. The minimum atomic E-state index is 0. The zero-order chi connectivity index (χ0) is 18.2. The van der Waals surface area contributed by atoms with E-state index in [4.69, 9.17) is 4.74 Å². The molecule has 1 aromatic carbocycles. The molecule has 0 atom stereocenters. The molecule has 1 aromatic heterocycles. The lowest BCUT2D eigenvalue weighted by Gasteiger charge is -2.22. The summed E-state index contributed by atoms with van der Waals surface area (Å²) in [6.45, 7) is 14.1. The van der Waals surface area contributed by atoms with E-state index in [0.29, 0.717) is 0 Å².